The van der Waals surface area contributed by atoms with Crippen LogP contribution in [0.1, 0.15) is 95.7 Å². The molecule has 5 heteroatoms. The molecule has 1 N–H and O–H groups in total. The number of aromatic nitrogens is 2. The summed E-state index contributed by atoms with van der Waals surface area (Å²) in [5.74, 6) is 1.45. The molecule has 4 nitrogen and oxygen atoms in total. The Morgan fingerprint density at radius 1 is 1.09 bits per heavy atom. The van der Waals surface area contributed by atoms with Crippen molar-refractivity contribution in [2.24, 2.45) is 35.0 Å². The third-order valence-electron chi connectivity index (χ3n) is 11.2. The Balaban J connectivity index is 1.20. The van der Waals surface area contributed by atoms with Gasteiger partial charge in [-0.3, -0.25) is 9.48 Å². The van der Waals surface area contributed by atoms with Crippen LogP contribution in [-0.4, -0.2) is 31.9 Å². The maximum absolute atomic E-state index is 16.6. The van der Waals surface area contributed by atoms with E-state index < -0.39 is 11.3 Å². The number of aliphatic hydroxyl groups is 1. The highest BCUT2D eigenvalue weighted by molar-refractivity contribution is 5.82. The summed E-state index contributed by atoms with van der Waals surface area (Å²) in [7, 11) is 0. The minimum atomic E-state index is -1.11. The highest BCUT2D eigenvalue weighted by atomic mass is 19.1. The zero-order chi connectivity index (χ0) is 23.0. The van der Waals surface area contributed by atoms with Crippen molar-refractivity contribution in [3.63, 3.8) is 0 Å². The molecule has 4 saturated carbocycles. The van der Waals surface area contributed by atoms with Crippen molar-refractivity contribution in [1.29, 1.82) is 0 Å². The van der Waals surface area contributed by atoms with Crippen LogP contribution in [0.3, 0.4) is 0 Å². The van der Waals surface area contributed by atoms with E-state index in [9.17, 15) is 9.90 Å². The van der Waals surface area contributed by atoms with Crippen LogP contribution in [0.4, 0.5) is 4.39 Å². The van der Waals surface area contributed by atoms with E-state index in [0.717, 1.165) is 51.4 Å². The molecule has 0 amide bonds. The number of alkyl halides is 1. The summed E-state index contributed by atoms with van der Waals surface area (Å²) < 4.78 is 18.6. The Morgan fingerprint density at radius 3 is 2.76 bits per heavy atom. The molecule has 1 aromatic heterocycles. The quantitative estimate of drug-likeness (QED) is 0.659. The Morgan fingerprint density at radius 2 is 1.91 bits per heavy atom. The number of hydrogen-bond donors (Lipinski definition) is 1. The van der Waals surface area contributed by atoms with E-state index in [1.807, 2.05) is 17.8 Å². The molecule has 0 spiro atoms. The topological polar surface area (TPSA) is 55.1 Å². The third kappa shape index (κ3) is 3.38. The van der Waals surface area contributed by atoms with Gasteiger partial charge in [-0.05, 0) is 125 Å². The number of hydrogen-bond acceptors (Lipinski definition) is 3. The lowest BCUT2D eigenvalue weighted by atomic mass is 9.48. The SMILES string of the molecule is C[C@@]1(O)CC[C@@]2(F)[C@H](CC[C@H]3[C@@H]4CC[C@H](C(=O)Cn5ncc6c5CCCC6)[C@@]4(C)CC[C@@H]32)C1. The Kier molecular flexibility index (Phi) is 5.15. The number of nitrogens with zero attached hydrogens (tertiary/aromatic N) is 2. The summed E-state index contributed by atoms with van der Waals surface area (Å²) in [4.78, 5) is 13.6. The van der Waals surface area contributed by atoms with Gasteiger partial charge < -0.3 is 5.11 Å². The molecule has 0 aromatic carbocycles. The van der Waals surface area contributed by atoms with Gasteiger partial charge in [0, 0.05) is 11.6 Å². The number of aryl methyl sites for hydroxylation is 1. The van der Waals surface area contributed by atoms with Crippen molar-refractivity contribution < 1.29 is 14.3 Å². The second kappa shape index (κ2) is 7.63. The molecule has 1 heterocycles. The summed E-state index contributed by atoms with van der Waals surface area (Å²) in [6.07, 6.45) is 14.2. The van der Waals surface area contributed by atoms with Crippen LogP contribution >= 0.6 is 0 Å². The average molecular weight is 457 g/mol. The molecule has 0 unspecified atom stereocenters. The van der Waals surface area contributed by atoms with Gasteiger partial charge in [-0.15, -0.1) is 0 Å². The van der Waals surface area contributed by atoms with Crippen LogP contribution < -0.4 is 0 Å². The lowest BCUT2D eigenvalue weighted by Gasteiger charge is -2.59. The van der Waals surface area contributed by atoms with E-state index in [1.165, 1.54) is 24.1 Å². The van der Waals surface area contributed by atoms with Crippen molar-refractivity contribution in [2.75, 3.05) is 0 Å². The third-order valence-corrected chi connectivity index (χ3v) is 11.2. The van der Waals surface area contributed by atoms with E-state index in [0.29, 0.717) is 43.4 Å². The van der Waals surface area contributed by atoms with E-state index in [4.69, 9.17) is 0 Å². The van der Waals surface area contributed by atoms with Gasteiger partial charge in [-0.1, -0.05) is 6.92 Å². The van der Waals surface area contributed by atoms with Crippen molar-refractivity contribution >= 4 is 5.78 Å². The van der Waals surface area contributed by atoms with Crippen molar-refractivity contribution in [3.8, 4) is 0 Å². The van der Waals surface area contributed by atoms with Crippen LogP contribution in [0.15, 0.2) is 6.20 Å². The summed E-state index contributed by atoms with van der Waals surface area (Å²) in [5.41, 5.74) is 0.815. The van der Waals surface area contributed by atoms with E-state index in [1.54, 1.807) is 0 Å². The van der Waals surface area contributed by atoms with Gasteiger partial charge >= 0.3 is 0 Å². The van der Waals surface area contributed by atoms with Crippen molar-refractivity contribution in [2.45, 2.75) is 115 Å². The monoisotopic (exact) mass is 456 g/mol. The fourth-order valence-electron chi connectivity index (χ4n) is 9.46. The number of rotatable bonds is 3. The van der Waals surface area contributed by atoms with E-state index in [2.05, 4.69) is 12.0 Å². The fourth-order valence-corrected chi connectivity index (χ4v) is 9.46. The Labute approximate surface area is 197 Å². The van der Waals surface area contributed by atoms with Crippen LogP contribution in [0.5, 0.6) is 0 Å². The number of carbonyl (C=O) groups excluding carboxylic acids is 1. The normalized spacial score (nSPS) is 46.7. The molecule has 1 aromatic rings. The molecular formula is C28H41FN2O2. The molecule has 0 bridgehead atoms. The fraction of sp³-hybridized carbons (Fsp3) is 0.857. The van der Waals surface area contributed by atoms with Crippen molar-refractivity contribution in [3.05, 3.63) is 17.5 Å². The molecule has 0 aliphatic heterocycles. The van der Waals surface area contributed by atoms with Crippen molar-refractivity contribution in [1.82, 2.24) is 9.78 Å². The first-order valence-corrected chi connectivity index (χ1v) is 13.7. The molecule has 6 rings (SSSR count). The van der Waals surface area contributed by atoms with Crippen LogP contribution in [-0.2, 0) is 24.2 Å². The Bertz CT molecular complexity index is 940. The lowest BCUT2D eigenvalue weighted by molar-refractivity contribution is -0.166. The summed E-state index contributed by atoms with van der Waals surface area (Å²) >= 11 is 0. The smallest absolute Gasteiger partial charge is 0.157 e. The number of fused-ring (bicyclic) bond motifs is 6. The molecule has 182 valence electrons. The highest BCUT2D eigenvalue weighted by Crippen LogP contribution is 2.66. The molecule has 4 fully saturated rings. The first-order valence-electron chi connectivity index (χ1n) is 13.7. The predicted octanol–water partition coefficient (Wildman–Crippen LogP) is 5.44. The molecule has 8 atom stereocenters. The minimum Gasteiger partial charge on any atom is -0.390 e. The largest absolute Gasteiger partial charge is 0.390 e. The van der Waals surface area contributed by atoms with Gasteiger partial charge in [0.1, 0.15) is 12.2 Å². The first-order chi connectivity index (χ1) is 15.7. The van der Waals surface area contributed by atoms with Gasteiger partial charge in [-0.2, -0.15) is 5.10 Å². The minimum absolute atomic E-state index is 0.00875. The zero-order valence-electron chi connectivity index (χ0n) is 20.5. The molecule has 0 saturated heterocycles. The summed E-state index contributed by atoms with van der Waals surface area (Å²) in [5, 5.41) is 15.2. The molecule has 33 heavy (non-hydrogen) atoms. The zero-order valence-corrected chi connectivity index (χ0v) is 20.5. The lowest BCUT2D eigenvalue weighted by Crippen LogP contribution is -2.58. The van der Waals surface area contributed by atoms with Crippen LogP contribution in [0, 0.1) is 35.0 Å². The van der Waals surface area contributed by atoms with E-state index >= 15 is 4.39 Å². The summed E-state index contributed by atoms with van der Waals surface area (Å²) in [6, 6.07) is 0. The van der Waals surface area contributed by atoms with Gasteiger partial charge in [-0.25, -0.2) is 4.39 Å². The maximum atomic E-state index is 16.6. The predicted molar refractivity (Wildman–Crippen MR) is 125 cm³/mol. The van der Waals surface area contributed by atoms with Crippen LogP contribution in [0.25, 0.3) is 0 Å². The molecule has 5 aliphatic carbocycles. The van der Waals surface area contributed by atoms with Gasteiger partial charge in [0.2, 0.25) is 0 Å². The molecular weight excluding hydrogens is 415 g/mol. The summed E-state index contributed by atoms with van der Waals surface area (Å²) in [6.45, 7) is 4.66. The maximum Gasteiger partial charge on any atom is 0.157 e. The van der Waals surface area contributed by atoms with Gasteiger partial charge in [0.25, 0.3) is 0 Å². The van der Waals surface area contributed by atoms with E-state index in [-0.39, 0.29) is 23.2 Å². The second-order valence-corrected chi connectivity index (χ2v) is 12.9. The Hall–Kier alpha value is -1.23. The number of ketones is 1. The van der Waals surface area contributed by atoms with Gasteiger partial charge in [0.05, 0.1) is 11.8 Å². The number of halogens is 1. The standard InChI is InChI=1S/C28H41FN2O2/c1-26(33)13-14-28(29)19(15-26)7-8-20-21-9-10-23(27(21,2)12-11-22(20)28)25(32)17-31-24-6-4-3-5-18(24)16-30-31/h16,19-23,33H,3-15,17H2,1-2H3/t19-,20+,21+,22+,23-,26-,27+,28-/m1/s1. The molecule has 0 radical (unpaired) electrons. The first kappa shape index (κ1) is 22.2. The number of carbonyl (C=O) groups is 1. The number of Topliss-reactive ketones (excluding diaryl/α,β-unsaturated/α-hetero) is 1. The molecule has 5 aliphatic rings. The second-order valence-electron chi connectivity index (χ2n) is 12.9. The average Bonchev–Trinajstić information content (AvgIpc) is 3.35. The van der Waals surface area contributed by atoms with Gasteiger partial charge in [0.15, 0.2) is 5.78 Å². The highest BCUT2D eigenvalue weighted by Gasteiger charge is 2.63. The van der Waals surface area contributed by atoms with Crippen LogP contribution in [0.2, 0.25) is 0 Å².